The van der Waals surface area contributed by atoms with E-state index in [1.165, 1.54) is 11.1 Å². The lowest BCUT2D eigenvalue weighted by atomic mass is 10.1. The summed E-state index contributed by atoms with van der Waals surface area (Å²) in [6.45, 7) is 9.82. The minimum absolute atomic E-state index is 0.121. The van der Waals surface area contributed by atoms with Crippen molar-refractivity contribution in [3.05, 3.63) is 42.0 Å². The number of rotatable bonds is 10. The highest BCUT2D eigenvalue weighted by atomic mass is 28.2. The van der Waals surface area contributed by atoms with Crippen molar-refractivity contribution in [1.29, 1.82) is 0 Å². The van der Waals surface area contributed by atoms with Crippen molar-refractivity contribution in [1.82, 2.24) is 0 Å². The van der Waals surface area contributed by atoms with Crippen LogP contribution < -0.4 is 0 Å². The van der Waals surface area contributed by atoms with Crippen LogP contribution in [-0.2, 0) is 20.3 Å². The molecule has 0 spiro atoms. The fourth-order valence-corrected chi connectivity index (χ4v) is 3.01. The molecule has 0 N–H and O–H groups in total. The maximum Gasteiger partial charge on any atom is 0.223 e. The monoisotopic (exact) mass is 280 g/mol. The van der Waals surface area contributed by atoms with Crippen LogP contribution in [0.1, 0.15) is 25.0 Å². The predicted molar refractivity (Wildman–Crippen MR) is 81.8 cm³/mol. The van der Waals surface area contributed by atoms with E-state index in [1.54, 1.807) is 0 Å². The van der Waals surface area contributed by atoms with Crippen LogP contribution in [0.2, 0.25) is 0 Å². The standard InChI is InChI=1S/C15H24O3Si/c1-4-13-9-7-8-10-14(13)11-12-18-19-15(16-5-2)17-6-3/h4,7-10,15H,1,5-6,11-12,19H2,2-3H3. The van der Waals surface area contributed by atoms with Gasteiger partial charge in [0.05, 0.1) is 0 Å². The zero-order valence-corrected chi connectivity index (χ0v) is 13.3. The Bertz CT molecular complexity index is 362. The van der Waals surface area contributed by atoms with Crippen molar-refractivity contribution in [3.8, 4) is 0 Å². The van der Waals surface area contributed by atoms with E-state index in [-0.39, 0.29) is 5.91 Å². The fraction of sp³-hybridized carbons (Fsp3) is 0.467. The summed E-state index contributed by atoms with van der Waals surface area (Å²) >= 11 is 0. The van der Waals surface area contributed by atoms with Gasteiger partial charge in [-0.05, 0) is 31.4 Å². The molecule has 1 aromatic rings. The first kappa shape index (κ1) is 16.1. The van der Waals surface area contributed by atoms with Crippen LogP contribution in [0.5, 0.6) is 0 Å². The molecule has 0 bridgehead atoms. The average molecular weight is 280 g/mol. The van der Waals surface area contributed by atoms with Gasteiger partial charge in [0.15, 0.2) is 5.91 Å². The topological polar surface area (TPSA) is 27.7 Å². The van der Waals surface area contributed by atoms with E-state index in [9.17, 15) is 0 Å². The Labute approximate surface area is 118 Å². The van der Waals surface area contributed by atoms with E-state index in [4.69, 9.17) is 13.9 Å². The molecule has 0 aliphatic carbocycles. The van der Waals surface area contributed by atoms with E-state index < -0.39 is 9.76 Å². The summed E-state index contributed by atoms with van der Waals surface area (Å²) in [6.07, 6.45) is 2.79. The van der Waals surface area contributed by atoms with Crippen LogP contribution in [-0.4, -0.2) is 35.5 Å². The van der Waals surface area contributed by atoms with E-state index in [1.807, 2.05) is 32.1 Å². The molecule has 1 aromatic carbocycles. The number of ether oxygens (including phenoxy) is 2. The molecule has 0 saturated heterocycles. The SMILES string of the molecule is C=Cc1ccccc1CCO[SiH2]C(OCC)OCC. The van der Waals surface area contributed by atoms with Gasteiger partial charge in [-0.2, -0.15) is 0 Å². The van der Waals surface area contributed by atoms with Crippen molar-refractivity contribution in [2.45, 2.75) is 26.2 Å². The molecule has 0 atom stereocenters. The minimum Gasteiger partial charge on any atom is -0.418 e. The summed E-state index contributed by atoms with van der Waals surface area (Å²) in [7, 11) is -0.801. The highest BCUT2D eigenvalue weighted by Gasteiger charge is 2.09. The molecule has 0 fully saturated rings. The minimum atomic E-state index is -0.801. The van der Waals surface area contributed by atoms with Crippen LogP contribution in [0.15, 0.2) is 30.8 Å². The molecular weight excluding hydrogens is 256 g/mol. The molecular formula is C15H24O3Si. The number of hydrogen-bond acceptors (Lipinski definition) is 3. The van der Waals surface area contributed by atoms with Gasteiger partial charge in [-0.3, -0.25) is 0 Å². The van der Waals surface area contributed by atoms with Gasteiger partial charge in [-0.15, -0.1) is 0 Å². The molecule has 1 rings (SSSR count). The van der Waals surface area contributed by atoms with Gasteiger partial charge in [0.1, 0.15) is 0 Å². The molecule has 0 aliphatic heterocycles. The van der Waals surface area contributed by atoms with Gasteiger partial charge in [0.2, 0.25) is 9.76 Å². The highest BCUT2D eigenvalue weighted by molar-refractivity contribution is 6.28. The normalized spacial score (nSPS) is 11.5. The summed E-state index contributed by atoms with van der Waals surface area (Å²) in [5, 5.41) is 0. The Hall–Kier alpha value is -0.943. The van der Waals surface area contributed by atoms with Crippen LogP contribution >= 0.6 is 0 Å². The second-order valence-electron chi connectivity index (χ2n) is 4.07. The Morgan fingerprint density at radius 1 is 1.21 bits per heavy atom. The Kier molecular flexibility index (Phi) is 8.41. The highest BCUT2D eigenvalue weighted by Crippen LogP contribution is 2.10. The van der Waals surface area contributed by atoms with Crippen LogP contribution in [0.4, 0.5) is 0 Å². The van der Waals surface area contributed by atoms with E-state index in [2.05, 4.69) is 18.7 Å². The predicted octanol–water partition coefficient (Wildman–Crippen LogP) is 2.33. The maximum atomic E-state index is 5.76. The zero-order chi connectivity index (χ0) is 13.9. The fourth-order valence-electron chi connectivity index (χ4n) is 1.84. The van der Waals surface area contributed by atoms with Crippen molar-refractivity contribution in [2.24, 2.45) is 0 Å². The first-order chi connectivity index (χ1) is 9.31. The molecule has 19 heavy (non-hydrogen) atoms. The first-order valence-corrected chi connectivity index (χ1v) is 8.22. The maximum absolute atomic E-state index is 5.76. The molecule has 3 nitrogen and oxygen atoms in total. The molecule has 4 heteroatoms. The molecule has 0 saturated carbocycles. The van der Waals surface area contributed by atoms with Crippen molar-refractivity contribution in [3.63, 3.8) is 0 Å². The van der Waals surface area contributed by atoms with Crippen molar-refractivity contribution in [2.75, 3.05) is 19.8 Å². The average Bonchev–Trinajstić information content (AvgIpc) is 2.44. The molecule has 0 aromatic heterocycles. The van der Waals surface area contributed by atoms with Gasteiger partial charge < -0.3 is 13.9 Å². The van der Waals surface area contributed by atoms with Gasteiger partial charge in [-0.1, -0.05) is 36.9 Å². The summed E-state index contributed by atoms with van der Waals surface area (Å²) in [6, 6.07) is 8.26. The van der Waals surface area contributed by atoms with Gasteiger partial charge in [0, 0.05) is 19.8 Å². The van der Waals surface area contributed by atoms with Crippen LogP contribution in [0, 0.1) is 0 Å². The lowest BCUT2D eigenvalue weighted by Crippen LogP contribution is -2.27. The quantitative estimate of drug-likeness (QED) is 0.374. The Morgan fingerprint density at radius 3 is 2.53 bits per heavy atom. The van der Waals surface area contributed by atoms with Crippen LogP contribution in [0.25, 0.3) is 6.08 Å². The Morgan fingerprint density at radius 2 is 1.89 bits per heavy atom. The second kappa shape index (κ2) is 9.92. The van der Waals surface area contributed by atoms with E-state index in [0.29, 0.717) is 19.8 Å². The zero-order valence-electron chi connectivity index (χ0n) is 11.9. The number of benzene rings is 1. The lowest BCUT2D eigenvalue weighted by Gasteiger charge is -2.16. The molecule has 0 amide bonds. The third-order valence-electron chi connectivity index (χ3n) is 2.75. The molecule has 0 aliphatic rings. The summed E-state index contributed by atoms with van der Waals surface area (Å²) in [5.74, 6) is -0.121. The van der Waals surface area contributed by atoms with Gasteiger partial charge >= 0.3 is 0 Å². The van der Waals surface area contributed by atoms with Crippen molar-refractivity contribution < 1.29 is 13.9 Å². The smallest absolute Gasteiger partial charge is 0.223 e. The molecule has 0 radical (unpaired) electrons. The third-order valence-corrected chi connectivity index (χ3v) is 4.02. The molecule has 106 valence electrons. The van der Waals surface area contributed by atoms with Gasteiger partial charge in [-0.25, -0.2) is 0 Å². The second-order valence-corrected chi connectivity index (χ2v) is 5.48. The largest absolute Gasteiger partial charge is 0.418 e. The number of hydrogen-bond donors (Lipinski definition) is 0. The van der Waals surface area contributed by atoms with Gasteiger partial charge in [0.25, 0.3) is 0 Å². The molecule has 0 heterocycles. The van der Waals surface area contributed by atoms with E-state index in [0.717, 1.165) is 6.42 Å². The summed E-state index contributed by atoms with van der Waals surface area (Å²) in [5.41, 5.74) is 2.45. The van der Waals surface area contributed by atoms with Crippen LogP contribution in [0.3, 0.4) is 0 Å². The summed E-state index contributed by atoms with van der Waals surface area (Å²) in [4.78, 5) is 0. The summed E-state index contributed by atoms with van der Waals surface area (Å²) < 4.78 is 16.7. The Balaban J connectivity index is 2.31. The first-order valence-electron chi connectivity index (χ1n) is 6.83. The third kappa shape index (κ3) is 6.16. The molecule has 0 unspecified atom stereocenters. The lowest BCUT2D eigenvalue weighted by molar-refractivity contribution is -0.0898. The van der Waals surface area contributed by atoms with Crippen molar-refractivity contribution >= 4 is 15.8 Å². The van der Waals surface area contributed by atoms with E-state index >= 15 is 0 Å².